The molecule has 0 spiro atoms. The number of rotatable bonds is 5. The summed E-state index contributed by atoms with van der Waals surface area (Å²) in [4.78, 5) is 0. The van der Waals surface area contributed by atoms with Gasteiger partial charge in [-0.1, -0.05) is 65.5 Å². The summed E-state index contributed by atoms with van der Waals surface area (Å²) in [6.45, 7) is 12.2. The minimum atomic E-state index is -0.355. The van der Waals surface area contributed by atoms with Gasteiger partial charge in [-0.3, -0.25) is 0 Å². The molecule has 0 amide bonds. The standard InChI is InChI=1S/C27H46O2/c1-17(2)7-6-8-18(3)21-9-10-22-20-16-25(29)24-15-19(28)11-13-27(24,5)23(20)12-14-26(21,22)4/h16-19,21-25,28-29H,6-15H2,1-5H3/t18-,19+,21-,22+,23+,24-,25+,26-,27-/m1/s1. The molecular weight excluding hydrogens is 356 g/mol. The summed E-state index contributed by atoms with van der Waals surface area (Å²) in [6.07, 6.45) is 14.0. The predicted octanol–water partition coefficient (Wildman–Crippen LogP) is 6.36. The minimum absolute atomic E-state index is 0.186. The summed E-state index contributed by atoms with van der Waals surface area (Å²) in [5, 5.41) is 21.3. The maximum Gasteiger partial charge on any atom is 0.0758 e. The molecule has 0 aromatic rings. The molecule has 2 heteroatoms. The Bertz CT molecular complexity index is 624. The average Bonchev–Trinajstić information content (AvgIpc) is 3.00. The first kappa shape index (κ1) is 21.9. The molecule has 0 unspecified atom stereocenters. The molecule has 4 rings (SSSR count). The van der Waals surface area contributed by atoms with Gasteiger partial charge in [0.15, 0.2) is 0 Å². The van der Waals surface area contributed by atoms with Crippen LogP contribution < -0.4 is 0 Å². The van der Waals surface area contributed by atoms with Crippen LogP contribution >= 0.6 is 0 Å². The lowest BCUT2D eigenvalue weighted by molar-refractivity contribution is -0.0835. The van der Waals surface area contributed by atoms with E-state index in [0.29, 0.717) is 17.3 Å². The lowest BCUT2D eigenvalue weighted by Gasteiger charge is -2.58. The minimum Gasteiger partial charge on any atom is -0.393 e. The molecule has 29 heavy (non-hydrogen) atoms. The molecule has 3 saturated carbocycles. The molecule has 9 atom stereocenters. The van der Waals surface area contributed by atoms with Crippen LogP contribution in [-0.2, 0) is 0 Å². The van der Waals surface area contributed by atoms with Gasteiger partial charge in [0.05, 0.1) is 12.2 Å². The largest absolute Gasteiger partial charge is 0.393 e. The van der Waals surface area contributed by atoms with Crippen molar-refractivity contribution in [3.63, 3.8) is 0 Å². The summed E-state index contributed by atoms with van der Waals surface area (Å²) < 4.78 is 0. The van der Waals surface area contributed by atoms with Crippen LogP contribution in [0.3, 0.4) is 0 Å². The molecule has 2 N–H and O–H groups in total. The van der Waals surface area contributed by atoms with Gasteiger partial charge in [-0.2, -0.15) is 0 Å². The predicted molar refractivity (Wildman–Crippen MR) is 120 cm³/mol. The highest BCUT2D eigenvalue weighted by Crippen LogP contribution is 2.66. The van der Waals surface area contributed by atoms with E-state index in [0.717, 1.165) is 37.0 Å². The van der Waals surface area contributed by atoms with Crippen molar-refractivity contribution in [1.29, 1.82) is 0 Å². The Labute approximate surface area is 179 Å². The summed E-state index contributed by atoms with van der Waals surface area (Å²) in [5.74, 6) is 4.05. The third-order valence-corrected chi connectivity index (χ3v) is 10.3. The van der Waals surface area contributed by atoms with Gasteiger partial charge >= 0.3 is 0 Å². The van der Waals surface area contributed by atoms with E-state index in [1.165, 1.54) is 44.9 Å². The first-order valence-corrected chi connectivity index (χ1v) is 12.7. The SMILES string of the molecule is CC(C)CCC[C@@H](C)[C@H]1CC[C@H]2C3=C[C@H](O)[C@H]4C[C@@H](O)CC[C@]4(C)[C@H]3CC[C@]12C. The van der Waals surface area contributed by atoms with Crippen LogP contribution in [0.5, 0.6) is 0 Å². The van der Waals surface area contributed by atoms with Crippen molar-refractivity contribution >= 4 is 0 Å². The Morgan fingerprint density at radius 3 is 2.34 bits per heavy atom. The van der Waals surface area contributed by atoms with Gasteiger partial charge in [0, 0.05) is 0 Å². The molecule has 166 valence electrons. The molecule has 0 saturated heterocycles. The molecule has 0 aliphatic heterocycles. The second-order valence-corrected chi connectivity index (χ2v) is 12.3. The van der Waals surface area contributed by atoms with E-state index in [1.54, 1.807) is 5.57 Å². The van der Waals surface area contributed by atoms with Crippen LogP contribution in [0.15, 0.2) is 11.6 Å². The number of hydrogen-bond acceptors (Lipinski definition) is 2. The molecule has 0 aromatic heterocycles. The topological polar surface area (TPSA) is 40.5 Å². The zero-order valence-corrected chi connectivity index (χ0v) is 19.7. The summed E-state index contributed by atoms with van der Waals surface area (Å²) in [6, 6.07) is 0. The summed E-state index contributed by atoms with van der Waals surface area (Å²) >= 11 is 0. The Hall–Kier alpha value is -0.340. The number of aliphatic hydroxyl groups excluding tert-OH is 2. The van der Waals surface area contributed by atoms with Crippen LogP contribution in [0, 0.1) is 46.3 Å². The van der Waals surface area contributed by atoms with E-state index >= 15 is 0 Å². The van der Waals surface area contributed by atoms with Gasteiger partial charge in [-0.15, -0.1) is 0 Å². The highest BCUT2D eigenvalue weighted by atomic mass is 16.3. The third kappa shape index (κ3) is 3.65. The normalized spacial score (nSPS) is 47.9. The van der Waals surface area contributed by atoms with E-state index in [2.05, 4.69) is 40.7 Å². The Kier molecular flexibility index (Phi) is 6.01. The number of aliphatic hydroxyl groups is 2. The summed E-state index contributed by atoms with van der Waals surface area (Å²) in [7, 11) is 0. The Balaban J connectivity index is 1.54. The van der Waals surface area contributed by atoms with Crippen LogP contribution in [0.1, 0.15) is 98.8 Å². The van der Waals surface area contributed by atoms with Crippen LogP contribution in [-0.4, -0.2) is 22.4 Å². The van der Waals surface area contributed by atoms with E-state index in [4.69, 9.17) is 0 Å². The highest BCUT2D eigenvalue weighted by Gasteiger charge is 2.59. The second kappa shape index (κ2) is 7.97. The van der Waals surface area contributed by atoms with Gasteiger partial charge in [0.25, 0.3) is 0 Å². The van der Waals surface area contributed by atoms with E-state index < -0.39 is 0 Å². The Morgan fingerprint density at radius 2 is 1.62 bits per heavy atom. The van der Waals surface area contributed by atoms with Crippen molar-refractivity contribution in [2.45, 2.75) is 111 Å². The van der Waals surface area contributed by atoms with Crippen molar-refractivity contribution in [3.05, 3.63) is 11.6 Å². The first-order chi connectivity index (χ1) is 13.7. The van der Waals surface area contributed by atoms with Gasteiger partial charge in [-0.05, 0) is 91.3 Å². The molecule has 0 bridgehead atoms. The van der Waals surface area contributed by atoms with Crippen LogP contribution in [0.4, 0.5) is 0 Å². The zero-order valence-electron chi connectivity index (χ0n) is 19.7. The molecule has 0 heterocycles. The van der Waals surface area contributed by atoms with Crippen LogP contribution in [0.25, 0.3) is 0 Å². The van der Waals surface area contributed by atoms with Crippen molar-refractivity contribution in [1.82, 2.24) is 0 Å². The van der Waals surface area contributed by atoms with Crippen LogP contribution in [0.2, 0.25) is 0 Å². The third-order valence-electron chi connectivity index (χ3n) is 10.3. The van der Waals surface area contributed by atoms with Crippen molar-refractivity contribution in [3.8, 4) is 0 Å². The Morgan fingerprint density at radius 1 is 0.931 bits per heavy atom. The highest BCUT2D eigenvalue weighted by molar-refractivity contribution is 5.29. The van der Waals surface area contributed by atoms with Crippen molar-refractivity contribution < 1.29 is 10.2 Å². The van der Waals surface area contributed by atoms with Crippen molar-refractivity contribution in [2.24, 2.45) is 46.3 Å². The number of allylic oxidation sites excluding steroid dienone is 1. The number of hydrogen-bond donors (Lipinski definition) is 2. The fraction of sp³-hybridized carbons (Fsp3) is 0.926. The monoisotopic (exact) mass is 402 g/mol. The lowest BCUT2D eigenvalue weighted by Crippen LogP contribution is -2.53. The molecule has 4 aliphatic carbocycles. The first-order valence-electron chi connectivity index (χ1n) is 12.7. The zero-order chi connectivity index (χ0) is 21.0. The molecule has 0 radical (unpaired) electrons. The summed E-state index contributed by atoms with van der Waals surface area (Å²) in [5.41, 5.74) is 2.24. The number of fused-ring (bicyclic) bond motifs is 5. The maximum atomic E-state index is 11.1. The maximum absolute atomic E-state index is 11.1. The second-order valence-electron chi connectivity index (χ2n) is 12.3. The van der Waals surface area contributed by atoms with E-state index in [1.807, 2.05) is 0 Å². The smallest absolute Gasteiger partial charge is 0.0758 e. The van der Waals surface area contributed by atoms with Gasteiger partial charge in [0.2, 0.25) is 0 Å². The molecular formula is C27H46O2. The average molecular weight is 403 g/mol. The lowest BCUT2D eigenvalue weighted by atomic mass is 9.47. The fourth-order valence-electron chi connectivity index (χ4n) is 8.58. The van der Waals surface area contributed by atoms with Gasteiger partial charge in [-0.25, -0.2) is 0 Å². The quantitative estimate of drug-likeness (QED) is 0.525. The van der Waals surface area contributed by atoms with E-state index in [-0.39, 0.29) is 23.5 Å². The molecule has 0 aromatic carbocycles. The fourth-order valence-corrected chi connectivity index (χ4v) is 8.58. The van der Waals surface area contributed by atoms with Gasteiger partial charge in [0.1, 0.15) is 0 Å². The van der Waals surface area contributed by atoms with Crippen molar-refractivity contribution in [2.75, 3.05) is 0 Å². The molecule has 2 nitrogen and oxygen atoms in total. The van der Waals surface area contributed by atoms with Gasteiger partial charge < -0.3 is 10.2 Å². The van der Waals surface area contributed by atoms with E-state index in [9.17, 15) is 10.2 Å². The molecule has 3 fully saturated rings. The molecule has 4 aliphatic rings.